The third kappa shape index (κ3) is 3.88. The van der Waals surface area contributed by atoms with Crippen LogP contribution in [0.1, 0.15) is 23.1 Å². The van der Waals surface area contributed by atoms with E-state index in [2.05, 4.69) is 42.3 Å². The Balaban J connectivity index is 1.58. The standard InChI is InChI=1S/C20H19F2NO/c1-14-9-11-15(12-10-14)5-2-3-6-16-13-24-20(23-16)19-17(21)7-4-8-18(19)22/h2-4,7-12,16H,5-6,13H2,1H3/b3-2+. The average molecular weight is 327 g/mol. The maximum Gasteiger partial charge on any atom is 0.222 e. The van der Waals surface area contributed by atoms with Crippen molar-refractivity contribution >= 4 is 5.90 Å². The summed E-state index contributed by atoms with van der Waals surface area (Å²) >= 11 is 0. The monoisotopic (exact) mass is 327 g/mol. The Hall–Kier alpha value is -2.49. The summed E-state index contributed by atoms with van der Waals surface area (Å²) in [7, 11) is 0. The number of ether oxygens (including phenoxy) is 1. The van der Waals surface area contributed by atoms with Gasteiger partial charge in [-0.05, 0) is 37.5 Å². The van der Waals surface area contributed by atoms with E-state index < -0.39 is 11.6 Å². The van der Waals surface area contributed by atoms with Gasteiger partial charge < -0.3 is 4.74 Å². The van der Waals surface area contributed by atoms with Crippen molar-refractivity contribution in [1.29, 1.82) is 0 Å². The van der Waals surface area contributed by atoms with Gasteiger partial charge in [0.15, 0.2) is 0 Å². The molecule has 2 aromatic carbocycles. The molecule has 24 heavy (non-hydrogen) atoms. The lowest BCUT2D eigenvalue weighted by molar-refractivity contribution is 0.316. The lowest BCUT2D eigenvalue weighted by atomic mass is 10.1. The first-order valence-electron chi connectivity index (χ1n) is 7.99. The SMILES string of the molecule is Cc1ccc(C/C=C/CC2COC(c3c(F)cccc3F)=N2)cc1. The van der Waals surface area contributed by atoms with Crippen molar-refractivity contribution in [3.05, 3.63) is 82.9 Å². The second-order valence-corrected chi connectivity index (χ2v) is 5.89. The van der Waals surface area contributed by atoms with Gasteiger partial charge in [0.1, 0.15) is 23.8 Å². The molecule has 124 valence electrons. The molecule has 1 unspecified atom stereocenters. The molecular formula is C20H19F2NO. The molecule has 0 aromatic heterocycles. The highest BCUT2D eigenvalue weighted by molar-refractivity contribution is 5.95. The van der Waals surface area contributed by atoms with Crippen molar-refractivity contribution in [1.82, 2.24) is 0 Å². The summed E-state index contributed by atoms with van der Waals surface area (Å²) in [6, 6.07) is 12.0. The van der Waals surface area contributed by atoms with Crippen LogP contribution in [0.5, 0.6) is 0 Å². The van der Waals surface area contributed by atoms with Gasteiger partial charge in [-0.1, -0.05) is 48.0 Å². The molecule has 4 heteroatoms. The van der Waals surface area contributed by atoms with Crippen LogP contribution in [0.25, 0.3) is 0 Å². The van der Waals surface area contributed by atoms with Crippen molar-refractivity contribution < 1.29 is 13.5 Å². The predicted molar refractivity (Wildman–Crippen MR) is 91.3 cm³/mol. The first kappa shape index (κ1) is 16.4. The fourth-order valence-corrected chi connectivity index (χ4v) is 2.57. The van der Waals surface area contributed by atoms with Gasteiger partial charge in [-0.15, -0.1) is 0 Å². The van der Waals surface area contributed by atoms with Crippen molar-refractivity contribution in [2.24, 2.45) is 4.99 Å². The smallest absolute Gasteiger partial charge is 0.222 e. The normalized spacial score (nSPS) is 17.1. The first-order chi connectivity index (χ1) is 11.6. The zero-order chi connectivity index (χ0) is 16.9. The van der Waals surface area contributed by atoms with Crippen LogP contribution in [0.15, 0.2) is 59.6 Å². The maximum atomic E-state index is 13.7. The molecule has 1 aliphatic heterocycles. The number of benzene rings is 2. The summed E-state index contributed by atoms with van der Waals surface area (Å²) in [5, 5.41) is 0. The second-order valence-electron chi connectivity index (χ2n) is 5.89. The quantitative estimate of drug-likeness (QED) is 0.735. The van der Waals surface area contributed by atoms with E-state index in [0.717, 1.165) is 6.42 Å². The lowest BCUT2D eigenvalue weighted by Crippen LogP contribution is -2.07. The average Bonchev–Trinajstić information content (AvgIpc) is 3.02. The molecule has 0 amide bonds. The van der Waals surface area contributed by atoms with E-state index in [4.69, 9.17) is 4.74 Å². The van der Waals surface area contributed by atoms with Gasteiger partial charge in [0, 0.05) is 0 Å². The molecule has 1 heterocycles. The molecule has 0 bridgehead atoms. The van der Waals surface area contributed by atoms with Crippen LogP contribution >= 0.6 is 0 Å². The summed E-state index contributed by atoms with van der Waals surface area (Å²) < 4.78 is 32.9. The van der Waals surface area contributed by atoms with Crippen LogP contribution in [0.4, 0.5) is 8.78 Å². The lowest BCUT2D eigenvalue weighted by Gasteiger charge is -2.03. The summed E-state index contributed by atoms with van der Waals surface area (Å²) in [6.45, 7) is 2.41. The number of halogens is 2. The number of hydrogen-bond acceptors (Lipinski definition) is 2. The molecule has 2 aromatic rings. The third-order valence-electron chi connectivity index (χ3n) is 3.94. The molecule has 0 N–H and O–H groups in total. The van der Waals surface area contributed by atoms with Crippen molar-refractivity contribution in [3.8, 4) is 0 Å². The number of rotatable bonds is 5. The molecule has 0 fully saturated rings. The molecule has 0 radical (unpaired) electrons. The molecule has 2 nitrogen and oxygen atoms in total. The Kier molecular flexibility index (Phi) is 5.04. The van der Waals surface area contributed by atoms with E-state index >= 15 is 0 Å². The maximum absolute atomic E-state index is 13.7. The van der Waals surface area contributed by atoms with Gasteiger partial charge in [0.2, 0.25) is 5.90 Å². The number of aliphatic imine (C=N–C) groups is 1. The summed E-state index contributed by atoms with van der Waals surface area (Å²) in [5.41, 5.74) is 2.31. The van der Waals surface area contributed by atoms with Crippen LogP contribution < -0.4 is 0 Å². The van der Waals surface area contributed by atoms with Crippen molar-refractivity contribution in [3.63, 3.8) is 0 Å². The Labute approximate surface area is 140 Å². The summed E-state index contributed by atoms with van der Waals surface area (Å²) in [6.07, 6.45) is 5.66. The minimum absolute atomic E-state index is 0.0579. The van der Waals surface area contributed by atoms with Crippen LogP contribution in [0.2, 0.25) is 0 Å². The highest BCUT2D eigenvalue weighted by Crippen LogP contribution is 2.20. The van der Waals surface area contributed by atoms with Gasteiger partial charge in [-0.3, -0.25) is 0 Å². The van der Waals surface area contributed by atoms with E-state index in [1.165, 1.54) is 29.3 Å². The summed E-state index contributed by atoms with van der Waals surface area (Å²) in [5.74, 6) is -1.24. The van der Waals surface area contributed by atoms with Crippen LogP contribution in [0, 0.1) is 18.6 Å². The highest BCUT2D eigenvalue weighted by Gasteiger charge is 2.24. The van der Waals surface area contributed by atoms with Crippen LogP contribution in [-0.4, -0.2) is 18.5 Å². The van der Waals surface area contributed by atoms with Gasteiger partial charge in [-0.25, -0.2) is 13.8 Å². The molecular weight excluding hydrogens is 308 g/mol. The molecule has 1 atom stereocenters. The van der Waals surface area contributed by atoms with Crippen molar-refractivity contribution in [2.45, 2.75) is 25.8 Å². The molecule has 3 rings (SSSR count). The largest absolute Gasteiger partial charge is 0.475 e. The molecule has 0 spiro atoms. The van der Waals surface area contributed by atoms with Gasteiger partial charge >= 0.3 is 0 Å². The Bertz CT molecular complexity index is 745. The topological polar surface area (TPSA) is 21.6 Å². The number of hydrogen-bond donors (Lipinski definition) is 0. The molecule has 0 aliphatic carbocycles. The van der Waals surface area contributed by atoms with Crippen LogP contribution in [-0.2, 0) is 11.2 Å². The predicted octanol–water partition coefficient (Wildman–Crippen LogP) is 4.61. The summed E-state index contributed by atoms with van der Waals surface area (Å²) in [4.78, 5) is 4.30. The van der Waals surface area contributed by atoms with Crippen LogP contribution in [0.3, 0.4) is 0 Å². The van der Waals surface area contributed by atoms with E-state index in [0.29, 0.717) is 13.0 Å². The fraction of sp³-hybridized carbons (Fsp3) is 0.250. The van der Waals surface area contributed by atoms with Gasteiger partial charge in [-0.2, -0.15) is 0 Å². The van der Waals surface area contributed by atoms with E-state index in [1.54, 1.807) is 0 Å². The molecule has 1 aliphatic rings. The Morgan fingerprint density at radius 2 is 1.79 bits per heavy atom. The Morgan fingerprint density at radius 1 is 1.08 bits per heavy atom. The van der Waals surface area contributed by atoms with E-state index in [9.17, 15) is 8.78 Å². The fourth-order valence-electron chi connectivity index (χ4n) is 2.57. The Morgan fingerprint density at radius 3 is 2.50 bits per heavy atom. The zero-order valence-electron chi connectivity index (χ0n) is 13.5. The van der Waals surface area contributed by atoms with E-state index in [-0.39, 0.29) is 17.5 Å². The second kappa shape index (κ2) is 7.39. The number of allylic oxidation sites excluding steroid dienone is 1. The third-order valence-corrected chi connectivity index (χ3v) is 3.94. The first-order valence-corrected chi connectivity index (χ1v) is 7.99. The molecule has 0 saturated heterocycles. The van der Waals surface area contributed by atoms with Crippen molar-refractivity contribution in [2.75, 3.05) is 6.61 Å². The van der Waals surface area contributed by atoms with E-state index in [1.807, 2.05) is 6.08 Å². The van der Waals surface area contributed by atoms with Gasteiger partial charge in [0.25, 0.3) is 0 Å². The number of nitrogens with zero attached hydrogens (tertiary/aromatic N) is 1. The zero-order valence-corrected chi connectivity index (χ0v) is 13.5. The molecule has 0 saturated carbocycles. The minimum Gasteiger partial charge on any atom is -0.475 e. The minimum atomic E-state index is -0.649. The number of aryl methyl sites for hydroxylation is 1. The highest BCUT2D eigenvalue weighted by atomic mass is 19.1. The van der Waals surface area contributed by atoms with Gasteiger partial charge in [0.05, 0.1) is 6.04 Å².